The van der Waals surface area contributed by atoms with E-state index in [1.54, 1.807) is 12.1 Å². The van der Waals surface area contributed by atoms with Crippen molar-refractivity contribution < 1.29 is 22.7 Å². The number of sulfonamides is 1. The molecule has 7 nitrogen and oxygen atoms in total. The Bertz CT molecular complexity index is 1010. The van der Waals surface area contributed by atoms with E-state index in [4.69, 9.17) is 4.74 Å². The second-order valence-electron chi connectivity index (χ2n) is 7.21. The monoisotopic (exact) mass is 430 g/mol. The van der Waals surface area contributed by atoms with Crippen LogP contribution >= 0.6 is 0 Å². The number of aryl methyl sites for hydroxylation is 1. The number of methoxy groups -OCH3 is 1. The third-order valence-electron chi connectivity index (χ3n) is 5.36. The number of carbonyl (C=O) groups is 2. The van der Waals surface area contributed by atoms with Gasteiger partial charge in [-0.15, -0.1) is 0 Å². The van der Waals surface area contributed by atoms with E-state index in [-0.39, 0.29) is 35.4 Å². The minimum Gasteiger partial charge on any atom is -0.465 e. The highest BCUT2D eigenvalue weighted by atomic mass is 32.2. The van der Waals surface area contributed by atoms with Gasteiger partial charge in [0.2, 0.25) is 15.9 Å². The van der Waals surface area contributed by atoms with Crippen LogP contribution in [-0.4, -0.2) is 44.8 Å². The van der Waals surface area contributed by atoms with E-state index < -0.39 is 16.0 Å². The maximum atomic E-state index is 13.1. The molecule has 0 saturated carbocycles. The Morgan fingerprint density at radius 3 is 2.30 bits per heavy atom. The van der Waals surface area contributed by atoms with E-state index in [0.29, 0.717) is 12.8 Å². The van der Waals surface area contributed by atoms with Crippen LogP contribution in [0, 0.1) is 5.92 Å². The molecule has 160 valence electrons. The molecule has 1 fully saturated rings. The molecule has 1 aliphatic heterocycles. The minimum absolute atomic E-state index is 0.00962. The molecule has 0 radical (unpaired) electrons. The molecule has 0 spiro atoms. The predicted molar refractivity (Wildman–Crippen MR) is 114 cm³/mol. The van der Waals surface area contributed by atoms with Gasteiger partial charge < -0.3 is 10.1 Å². The van der Waals surface area contributed by atoms with Crippen molar-refractivity contribution >= 4 is 27.6 Å². The van der Waals surface area contributed by atoms with Crippen molar-refractivity contribution in [1.29, 1.82) is 0 Å². The quantitative estimate of drug-likeness (QED) is 0.711. The van der Waals surface area contributed by atoms with Gasteiger partial charge in [-0.3, -0.25) is 4.79 Å². The summed E-state index contributed by atoms with van der Waals surface area (Å²) in [6.07, 6.45) is 1.76. The Kier molecular flexibility index (Phi) is 6.89. The molecule has 2 aromatic carbocycles. The lowest BCUT2D eigenvalue weighted by Crippen LogP contribution is -2.41. The third-order valence-corrected chi connectivity index (χ3v) is 7.32. The van der Waals surface area contributed by atoms with Gasteiger partial charge in [-0.05, 0) is 49.1 Å². The van der Waals surface area contributed by atoms with Gasteiger partial charge >= 0.3 is 5.97 Å². The van der Waals surface area contributed by atoms with Crippen LogP contribution in [0.15, 0.2) is 53.4 Å². The average molecular weight is 431 g/mol. The summed E-state index contributed by atoms with van der Waals surface area (Å²) in [6, 6.07) is 13.7. The first-order valence-electron chi connectivity index (χ1n) is 9.94. The molecule has 0 bridgehead atoms. The Hall–Kier alpha value is -2.71. The lowest BCUT2D eigenvalue weighted by molar-refractivity contribution is -0.120. The zero-order chi connectivity index (χ0) is 21.7. The second kappa shape index (κ2) is 9.40. The number of anilines is 1. The van der Waals surface area contributed by atoms with E-state index in [0.717, 1.165) is 12.1 Å². The van der Waals surface area contributed by atoms with Crippen LogP contribution in [0.25, 0.3) is 0 Å². The van der Waals surface area contributed by atoms with E-state index in [1.807, 2.05) is 24.3 Å². The Balaban J connectivity index is 1.66. The number of hydrogen-bond donors (Lipinski definition) is 1. The summed E-state index contributed by atoms with van der Waals surface area (Å²) in [6.45, 7) is 2.49. The van der Waals surface area contributed by atoms with Crippen LogP contribution in [0.3, 0.4) is 0 Å². The molecule has 1 N–H and O–H groups in total. The largest absolute Gasteiger partial charge is 0.465 e. The van der Waals surface area contributed by atoms with E-state index in [2.05, 4.69) is 12.2 Å². The SMILES string of the molecule is CCc1ccc(NC(=O)C2CCN(S(=O)(=O)c3ccccc3C(=O)OC)CC2)cc1. The summed E-state index contributed by atoms with van der Waals surface area (Å²) in [4.78, 5) is 24.5. The summed E-state index contributed by atoms with van der Waals surface area (Å²) >= 11 is 0. The van der Waals surface area contributed by atoms with Crippen LogP contribution in [0.2, 0.25) is 0 Å². The number of nitrogens with one attached hydrogen (secondary N) is 1. The first-order chi connectivity index (χ1) is 14.4. The van der Waals surface area contributed by atoms with Gasteiger partial charge in [0, 0.05) is 24.7 Å². The van der Waals surface area contributed by atoms with Crippen molar-refractivity contribution in [1.82, 2.24) is 4.31 Å². The number of hydrogen-bond acceptors (Lipinski definition) is 5. The van der Waals surface area contributed by atoms with Gasteiger partial charge in [0.05, 0.1) is 17.6 Å². The molecule has 30 heavy (non-hydrogen) atoms. The fourth-order valence-corrected chi connectivity index (χ4v) is 5.19. The lowest BCUT2D eigenvalue weighted by atomic mass is 9.97. The lowest BCUT2D eigenvalue weighted by Gasteiger charge is -2.31. The standard InChI is InChI=1S/C22H26N2O5S/c1-3-16-8-10-18(11-9-16)23-21(25)17-12-14-24(15-13-17)30(27,28)20-7-5-4-6-19(20)22(26)29-2/h4-11,17H,3,12-15H2,1-2H3,(H,23,25). The van der Waals surface area contributed by atoms with Crippen molar-refractivity contribution in [3.05, 3.63) is 59.7 Å². The third kappa shape index (κ3) is 4.71. The van der Waals surface area contributed by atoms with E-state index >= 15 is 0 Å². The average Bonchev–Trinajstić information content (AvgIpc) is 2.79. The summed E-state index contributed by atoms with van der Waals surface area (Å²) in [5, 5.41) is 2.91. The number of rotatable bonds is 6. The first-order valence-corrected chi connectivity index (χ1v) is 11.4. The number of carbonyl (C=O) groups excluding carboxylic acids is 2. The number of nitrogens with zero attached hydrogens (tertiary/aromatic N) is 1. The normalized spacial score (nSPS) is 15.5. The van der Waals surface area contributed by atoms with Crippen molar-refractivity contribution in [3.63, 3.8) is 0 Å². The fourth-order valence-electron chi connectivity index (χ4n) is 3.54. The van der Waals surface area contributed by atoms with Crippen molar-refractivity contribution in [3.8, 4) is 0 Å². The predicted octanol–water partition coefficient (Wildman–Crippen LogP) is 3.08. The Morgan fingerprint density at radius 2 is 1.70 bits per heavy atom. The topological polar surface area (TPSA) is 92.8 Å². The highest BCUT2D eigenvalue weighted by Crippen LogP contribution is 2.27. The number of piperidine rings is 1. The van der Waals surface area contributed by atoms with Gasteiger partial charge in [-0.1, -0.05) is 31.2 Å². The zero-order valence-electron chi connectivity index (χ0n) is 17.1. The van der Waals surface area contributed by atoms with Gasteiger partial charge in [0.15, 0.2) is 0 Å². The van der Waals surface area contributed by atoms with Crippen molar-refractivity contribution in [2.45, 2.75) is 31.1 Å². The maximum absolute atomic E-state index is 13.1. The summed E-state index contributed by atoms with van der Waals surface area (Å²) in [5.41, 5.74) is 1.94. The summed E-state index contributed by atoms with van der Waals surface area (Å²) in [7, 11) is -2.65. The minimum atomic E-state index is -3.86. The fraction of sp³-hybridized carbons (Fsp3) is 0.364. The number of amides is 1. The molecular formula is C22H26N2O5S. The molecule has 3 rings (SSSR count). The number of ether oxygens (including phenoxy) is 1. The second-order valence-corrected chi connectivity index (χ2v) is 9.11. The Labute approximate surface area is 177 Å². The Morgan fingerprint density at radius 1 is 1.07 bits per heavy atom. The molecule has 0 unspecified atom stereocenters. The zero-order valence-corrected chi connectivity index (χ0v) is 17.9. The van der Waals surface area contributed by atoms with Gasteiger partial charge in [0.1, 0.15) is 0 Å². The van der Waals surface area contributed by atoms with Crippen LogP contribution in [0.4, 0.5) is 5.69 Å². The molecule has 8 heteroatoms. The molecular weight excluding hydrogens is 404 g/mol. The maximum Gasteiger partial charge on any atom is 0.339 e. The van der Waals surface area contributed by atoms with Gasteiger partial charge in [0.25, 0.3) is 0 Å². The van der Waals surface area contributed by atoms with Crippen molar-refractivity contribution in [2.75, 3.05) is 25.5 Å². The summed E-state index contributed by atoms with van der Waals surface area (Å²) < 4.78 is 32.2. The molecule has 0 aliphatic carbocycles. The number of benzene rings is 2. The van der Waals surface area contributed by atoms with Crippen LogP contribution in [-0.2, 0) is 26.0 Å². The molecule has 2 aromatic rings. The first kappa shape index (κ1) is 22.0. The van der Waals surface area contributed by atoms with Crippen LogP contribution in [0.5, 0.6) is 0 Å². The molecule has 1 saturated heterocycles. The molecule has 0 atom stereocenters. The van der Waals surface area contributed by atoms with Crippen LogP contribution < -0.4 is 5.32 Å². The molecule has 1 heterocycles. The highest BCUT2D eigenvalue weighted by Gasteiger charge is 2.34. The van der Waals surface area contributed by atoms with Crippen LogP contribution in [0.1, 0.15) is 35.7 Å². The molecule has 1 aliphatic rings. The van der Waals surface area contributed by atoms with E-state index in [1.165, 1.54) is 29.1 Å². The molecule has 0 aromatic heterocycles. The van der Waals surface area contributed by atoms with Crippen molar-refractivity contribution in [2.24, 2.45) is 5.92 Å². The van der Waals surface area contributed by atoms with E-state index in [9.17, 15) is 18.0 Å². The summed E-state index contributed by atoms with van der Waals surface area (Å²) in [5.74, 6) is -1.07. The smallest absolute Gasteiger partial charge is 0.339 e. The van der Waals surface area contributed by atoms with Gasteiger partial charge in [-0.2, -0.15) is 4.31 Å². The molecule has 1 amide bonds. The number of esters is 1. The van der Waals surface area contributed by atoms with Gasteiger partial charge in [-0.25, -0.2) is 13.2 Å². The highest BCUT2D eigenvalue weighted by molar-refractivity contribution is 7.89.